The molecule has 260 valence electrons. The molecule has 9 rings (SSSR count). The zero-order chi connectivity index (χ0) is 36.3. The summed E-state index contributed by atoms with van der Waals surface area (Å²) in [5.74, 6) is 0. The number of rotatable bonds is 6. The zero-order valence-electron chi connectivity index (χ0n) is 30.9. The predicted molar refractivity (Wildman–Crippen MR) is 229 cm³/mol. The first-order valence-corrected chi connectivity index (χ1v) is 19.0. The summed E-state index contributed by atoms with van der Waals surface area (Å²) in [7, 11) is 0. The summed E-state index contributed by atoms with van der Waals surface area (Å²) in [6, 6.07) is 44.3. The van der Waals surface area contributed by atoms with Gasteiger partial charge in [-0.15, -0.1) is 0 Å². The lowest BCUT2D eigenvalue weighted by Gasteiger charge is -2.26. The molecule has 2 aliphatic heterocycles. The standard InChI is InChI=1S/C48H40N3.C2H6/c1-34-16-14-15-31-49(38-17-6-3-7-18-38)45-28-25-36(32-43(34)45)37-26-29-47-44(33-37)48(51(47)40-21-10-5-11-22-40)30-27-41-35(2)50(39-19-8-4-9-20-39)46-24-13-12-23-42(41)46;1-2/h3-8,10-18,21-33,39H,1,9,19-20H2,2H3;1-2H3/q+1;/b16-14-,31-15-;. The lowest BCUT2D eigenvalue weighted by Crippen LogP contribution is -2.27. The van der Waals surface area contributed by atoms with Crippen molar-refractivity contribution in [2.24, 2.45) is 0 Å². The highest BCUT2D eigenvalue weighted by Gasteiger charge is 2.36. The van der Waals surface area contributed by atoms with Crippen LogP contribution in [0.15, 0.2) is 171 Å². The van der Waals surface area contributed by atoms with Gasteiger partial charge in [0.2, 0.25) is 17.1 Å². The van der Waals surface area contributed by atoms with Crippen LogP contribution in [-0.2, 0) is 0 Å². The third-order valence-corrected chi connectivity index (χ3v) is 10.6. The minimum Gasteiger partial charge on any atom is -0.341 e. The van der Waals surface area contributed by atoms with Gasteiger partial charge < -0.3 is 9.47 Å². The lowest BCUT2D eigenvalue weighted by molar-refractivity contribution is 0.466. The highest BCUT2D eigenvalue weighted by molar-refractivity contribution is 6.22. The molecule has 1 aliphatic carbocycles. The van der Waals surface area contributed by atoms with Gasteiger partial charge in [-0.1, -0.05) is 105 Å². The summed E-state index contributed by atoms with van der Waals surface area (Å²) in [4.78, 5) is 2.24. The molecule has 3 aliphatic rings. The number of benzene rings is 5. The Morgan fingerprint density at radius 2 is 1.45 bits per heavy atom. The lowest BCUT2D eigenvalue weighted by atomic mass is 9.91. The van der Waals surface area contributed by atoms with Crippen molar-refractivity contribution in [3.63, 3.8) is 0 Å². The summed E-state index contributed by atoms with van der Waals surface area (Å²) < 4.78 is 4.97. The summed E-state index contributed by atoms with van der Waals surface area (Å²) in [5, 5.41) is 1.32. The molecule has 0 saturated carbocycles. The van der Waals surface area contributed by atoms with Gasteiger partial charge in [0.05, 0.1) is 5.69 Å². The van der Waals surface area contributed by atoms with Crippen molar-refractivity contribution in [1.29, 1.82) is 0 Å². The fourth-order valence-corrected chi connectivity index (χ4v) is 8.08. The van der Waals surface area contributed by atoms with E-state index in [0.717, 1.165) is 35.4 Å². The fourth-order valence-electron chi connectivity index (χ4n) is 8.08. The first kappa shape index (κ1) is 33.9. The van der Waals surface area contributed by atoms with Crippen LogP contribution in [0.4, 0.5) is 22.7 Å². The Morgan fingerprint density at radius 3 is 2.23 bits per heavy atom. The molecule has 1 atom stereocenters. The van der Waals surface area contributed by atoms with Crippen molar-refractivity contribution in [2.45, 2.75) is 46.1 Å². The number of hydrogen-bond acceptors (Lipinski definition) is 1. The van der Waals surface area contributed by atoms with Gasteiger partial charge >= 0.3 is 0 Å². The number of allylic oxidation sites excluding steroid dienone is 7. The maximum Gasteiger partial charge on any atom is 0.225 e. The largest absolute Gasteiger partial charge is 0.341 e. The first-order chi connectivity index (χ1) is 26.2. The molecule has 0 N–H and O–H groups in total. The Hall–Kier alpha value is -6.19. The van der Waals surface area contributed by atoms with Gasteiger partial charge in [-0.25, -0.2) is 0 Å². The molecule has 5 aromatic carbocycles. The second-order valence-electron chi connectivity index (χ2n) is 13.6. The van der Waals surface area contributed by atoms with Gasteiger partial charge in [0, 0.05) is 69.9 Å². The number of para-hydroxylation sites is 3. The second-order valence-corrected chi connectivity index (χ2v) is 13.6. The Labute approximate surface area is 314 Å². The number of nitrogens with zero attached hydrogens (tertiary/aromatic N) is 3. The smallest absolute Gasteiger partial charge is 0.225 e. The molecule has 53 heavy (non-hydrogen) atoms. The summed E-state index contributed by atoms with van der Waals surface area (Å²) in [6.07, 6.45) is 21.1. The molecule has 1 unspecified atom stereocenters. The van der Waals surface area contributed by atoms with Gasteiger partial charge in [0.25, 0.3) is 0 Å². The molecule has 1 aromatic heterocycles. The van der Waals surface area contributed by atoms with E-state index < -0.39 is 0 Å². The second kappa shape index (κ2) is 14.8. The molecule has 6 aromatic rings. The van der Waals surface area contributed by atoms with Crippen LogP contribution in [0.1, 0.15) is 61.5 Å². The van der Waals surface area contributed by atoms with Crippen LogP contribution in [0.3, 0.4) is 0 Å². The Balaban J connectivity index is 0.00000197. The minimum atomic E-state index is 0.496. The molecule has 0 amide bonds. The van der Waals surface area contributed by atoms with E-state index in [1.165, 1.54) is 62.4 Å². The van der Waals surface area contributed by atoms with Gasteiger partial charge in [-0.05, 0) is 97.5 Å². The normalized spacial score (nSPS) is 17.4. The van der Waals surface area contributed by atoms with E-state index >= 15 is 0 Å². The van der Waals surface area contributed by atoms with Crippen molar-refractivity contribution in [3.8, 4) is 11.1 Å². The van der Waals surface area contributed by atoms with E-state index in [2.05, 4.69) is 198 Å². The molecule has 3 heterocycles. The van der Waals surface area contributed by atoms with Crippen LogP contribution < -0.4 is 9.48 Å². The number of aromatic nitrogens is 1. The average molecular weight is 689 g/mol. The molecule has 3 heteroatoms. The third kappa shape index (κ3) is 6.23. The molecule has 0 spiro atoms. The topological polar surface area (TPSA) is 11.2 Å². The van der Waals surface area contributed by atoms with Crippen LogP contribution >= 0.6 is 0 Å². The maximum absolute atomic E-state index is 4.46. The van der Waals surface area contributed by atoms with Crippen molar-refractivity contribution < 1.29 is 0 Å². The molecule has 0 radical (unpaired) electrons. The van der Waals surface area contributed by atoms with Gasteiger partial charge in [-0.3, -0.25) is 0 Å². The minimum absolute atomic E-state index is 0.496. The fraction of sp³-hybridized carbons (Fsp3) is 0.140. The third-order valence-electron chi connectivity index (χ3n) is 10.6. The highest BCUT2D eigenvalue weighted by atomic mass is 15.1. The van der Waals surface area contributed by atoms with E-state index in [-0.39, 0.29) is 0 Å². The zero-order valence-corrected chi connectivity index (χ0v) is 30.9. The van der Waals surface area contributed by atoms with Crippen LogP contribution in [-0.4, -0.2) is 10.3 Å². The van der Waals surface area contributed by atoms with Crippen LogP contribution in [0.2, 0.25) is 0 Å². The first-order valence-electron chi connectivity index (χ1n) is 19.0. The maximum atomic E-state index is 4.46. The Kier molecular flexibility index (Phi) is 9.48. The average Bonchev–Trinajstić information content (AvgIpc) is 3.49. The molecular weight excluding hydrogens is 643 g/mol. The SMILES string of the molecule is C=C1/C=C\C=C/N(c2ccccc2)c2ccc(-c3ccc4c(c3)C(/C=C\c3c(C)n(C5CC=CCC5)c5ccccc35)=[N+]4c3ccccc3)cc21.CC. The van der Waals surface area contributed by atoms with Crippen LogP contribution in [0.5, 0.6) is 0 Å². The summed E-state index contributed by atoms with van der Waals surface area (Å²) in [5.41, 5.74) is 15.5. The van der Waals surface area contributed by atoms with Crippen LogP contribution in [0.25, 0.3) is 33.7 Å². The van der Waals surface area contributed by atoms with Gasteiger partial charge in [0.1, 0.15) is 5.56 Å². The predicted octanol–water partition coefficient (Wildman–Crippen LogP) is 13.5. The summed E-state index contributed by atoms with van der Waals surface area (Å²) in [6.45, 7) is 10.8. The van der Waals surface area contributed by atoms with Crippen molar-refractivity contribution >= 4 is 51.0 Å². The molecule has 0 saturated heterocycles. The van der Waals surface area contributed by atoms with Crippen molar-refractivity contribution in [2.75, 3.05) is 4.90 Å². The van der Waals surface area contributed by atoms with E-state index in [4.69, 9.17) is 0 Å². The Morgan fingerprint density at radius 1 is 0.736 bits per heavy atom. The molecule has 0 bridgehead atoms. The van der Waals surface area contributed by atoms with E-state index in [0.29, 0.717) is 6.04 Å². The number of fused-ring (bicyclic) bond motifs is 3. The van der Waals surface area contributed by atoms with Gasteiger partial charge in [0.15, 0.2) is 0 Å². The van der Waals surface area contributed by atoms with Crippen LogP contribution in [0, 0.1) is 6.92 Å². The molecular formula is C50H46N3+. The summed E-state index contributed by atoms with van der Waals surface area (Å²) >= 11 is 0. The van der Waals surface area contributed by atoms with Gasteiger partial charge in [-0.2, -0.15) is 4.58 Å². The monoisotopic (exact) mass is 688 g/mol. The number of anilines is 2. The van der Waals surface area contributed by atoms with E-state index in [1.54, 1.807) is 0 Å². The molecule has 0 fully saturated rings. The Bertz CT molecular complexity index is 2470. The highest BCUT2D eigenvalue weighted by Crippen LogP contribution is 2.41. The molecule has 3 nitrogen and oxygen atoms in total. The number of hydrogen-bond donors (Lipinski definition) is 0. The van der Waals surface area contributed by atoms with E-state index in [9.17, 15) is 0 Å². The van der Waals surface area contributed by atoms with Crippen molar-refractivity contribution in [1.82, 2.24) is 9.14 Å². The van der Waals surface area contributed by atoms with Crippen molar-refractivity contribution in [3.05, 3.63) is 193 Å². The van der Waals surface area contributed by atoms with E-state index in [1.807, 2.05) is 13.8 Å². The quantitative estimate of drug-likeness (QED) is 0.125.